The predicted octanol–water partition coefficient (Wildman–Crippen LogP) is 3.53. The van der Waals surface area contributed by atoms with Crippen LogP contribution >= 0.6 is 20.1 Å². The van der Waals surface area contributed by atoms with Crippen molar-refractivity contribution in [2.45, 2.75) is 44.2 Å². The molecule has 0 radical (unpaired) electrons. The van der Waals surface area contributed by atoms with Crippen LogP contribution in [-0.2, 0) is 0 Å². The first-order valence-electron chi connectivity index (χ1n) is 4.67. The topological polar surface area (TPSA) is 0 Å². The molecule has 11 heavy (non-hydrogen) atoms. The lowest BCUT2D eigenvalue weighted by Gasteiger charge is -2.36. The van der Waals surface area contributed by atoms with Crippen molar-refractivity contribution in [3.63, 3.8) is 0 Å². The van der Waals surface area contributed by atoms with E-state index in [0.717, 1.165) is 5.66 Å². The minimum atomic E-state index is 0.224. The summed E-state index contributed by atoms with van der Waals surface area (Å²) in [6.07, 6.45) is 10.1. The third-order valence-electron chi connectivity index (χ3n) is 2.88. The van der Waals surface area contributed by atoms with Crippen molar-refractivity contribution in [1.82, 2.24) is 0 Å². The van der Waals surface area contributed by atoms with E-state index < -0.39 is 0 Å². The fraction of sp³-hybridized carbons (Fsp3) is 0.889. The third kappa shape index (κ3) is 1.65. The number of hydrogen-bond acceptors (Lipinski definition) is 1. The summed E-state index contributed by atoms with van der Waals surface area (Å²) in [5.74, 6) is 0. The van der Waals surface area contributed by atoms with Crippen LogP contribution in [-0.4, -0.2) is 16.4 Å². The molecule has 62 valence electrons. The molecule has 0 bridgehead atoms. The van der Waals surface area contributed by atoms with Crippen molar-refractivity contribution in [1.29, 1.82) is 0 Å². The van der Waals surface area contributed by atoms with E-state index in [2.05, 4.69) is 0 Å². The van der Waals surface area contributed by atoms with Gasteiger partial charge in [-0.3, -0.25) is 0 Å². The minimum Gasteiger partial charge on any atom is -0.0844 e. The molecule has 2 rings (SSSR count). The second-order valence-corrected chi connectivity index (χ2v) is 7.08. The zero-order valence-corrected chi connectivity index (χ0v) is 8.59. The van der Waals surface area contributed by atoms with Gasteiger partial charge in [0.1, 0.15) is 0 Å². The third-order valence-corrected chi connectivity index (χ3v) is 6.84. The summed E-state index contributed by atoms with van der Waals surface area (Å²) in [5.41, 5.74) is 1.06. The first-order valence-corrected chi connectivity index (χ1v) is 6.68. The lowest BCUT2D eigenvalue weighted by atomic mass is 10.1. The van der Waals surface area contributed by atoms with Crippen molar-refractivity contribution in [2.75, 3.05) is 6.16 Å². The van der Waals surface area contributed by atoms with Gasteiger partial charge < -0.3 is 0 Å². The van der Waals surface area contributed by atoms with Gasteiger partial charge in [-0.25, -0.2) is 0 Å². The standard InChI is InChI=1S/C9H15PS/c11-9-6-3-5-8-4-1-2-7-10(8)9/h8H,1-7H2. The van der Waals surface area contributed by atoms with Crippen LogP contribution in [0, 0.1) is 0 Å². The predicted molar refractivity (Wildman–Crippen MR) is 55.9 cm³/mol. The highest BCUT2D eigenvalue weighted by Gasteiger charge is 2.30. The Kier molecular flexibility index (Phi) is 2.58. The lowest BCUT2D eigenvalue weighted by Crippen LogP contribution is -2.21. The van der Waals surface area contributed by atoms with Gasteiger partial charge in [0.15, 0.2) is 0 Å². The highest BCUT2D eigenvalue weighted by Crippen LogP contribution is 2.54. The largest absolute Gasteiger partial charge is 0.0844 e. The molecule has 2 atom stereocenters. The molecule has 2 heteroatoms. The van der Waals surface area contributed by atoms with Gasteiger partial charge in [-0.05, 0) is 43.9 Å². The number of fused-ring (bicyclic) bond motifs is 1. The summed E-state index contributed by atoms with van der Waals surface area (Å²) in [6, 6.07) is 0. The van der Waals surface area contributed by atoms with Crippen molar-refractivity contribution in [3.05, 3.63) is 0 Å². The number of hydrogen-bond donors (Lipinski definition) is 0. The molecule has 2 saturated heterocycles. The fourth-order valence-electron chi connectivity index (χ4n) is 2.26. The van der Waals surface area contributed by atoms with Gasteiger partial charge in [0.2, 0.25) is 0 Å². The molecule has 2 unspecified atom stereocenters. The summed E-state index contributed by atoms with van der Waals surface area (Å²) in [5, 5.41) is 0. The summed E-state index contributed by atoms with van der Waals surface area (Å²) < 4.78 is 1.47. The van der Waals surface area contributed by atoms with E-state index in [1.165, 1.54) is 49.3 Å². The van der Waals surface area contributed by atoms with E-state index in [1.807, 2.05) is 0 Å². The van der Waals surface area contributed by atoms with Crippen LogP contribution in [0.5, 0.6) is 0 Å². The van der Waals surface area contributed by atoms with Crippen molar-refractivity contribution in [3.8, 4) is 0 Å². The minimum absolute atomic E-state index is 0.224. The van der Waals surface area contributed by atoms with Crippen LogP contribution in [0.4, 0.5) is 0 Å². The molecule has 0 saturated carbocycles. The monoisotopic (exact) mass is 186 g/mol. The highest BCUT2D eigenvalue weighted by molar-refractivity contribution is 7.99. The zero-order chi connectivity index (χ0) is 7.68. The van der Waals surface area contributed by atoms with E-state index in [0.29, 0.717) is 0 Å². The fourth-order valence-corrected chi connectivity index (χ4v) is 6.15. The van der Waals surface area contributed by atoms with E-state index >= 15 is 0 Å². The molecule has 0 aliphatic carbocycles. The molecular formula is C9H15PS. The molecule has 0 amide bonds. The van der Waals surface area contributed by atoms with Gasteiger partial charge in [0, 0.05) is 4.61 Å². The Morgan fingerprint density at radius 3 is 2.82 bits per heavy atom. The Morgan fingerprint density at radius 1 is 1.18 bits per heavy atom. The summed E-state index contributed by atoms with van der Waals surface area (Å²) in [4.78, 5) is 0. The summed E-state index contributed by atoms with van der Waals surface area (Å²) in [7, 11) is 0.224. The summed E-state index contributed by atoms with van der Waals surface area (Å²) in [6.45, 7) is 0. The quantitative estimate of drug-likeness (QED) is 0.412. The molecule has 2 aliphatic heterocycles. The molecule has 2 fully saturated rings. The van der Waals surface area contributed by atoms with Crippen LogP contribution in [0.25, 0.3) is 0 Å². The van der Waals surface area contributed by atoms with Crippen LogP contribution in [0.3, 0.4) is 0 Å². The first kappa shape index (κ1) is 8.13. The molecule has 0 aromatic carbocycles. The zero-order valence-electron chi connectivity index (χ0n) is 6.88. The Bertz CT molecular complexity index is 165. The summed E-state index contributed by atoms with van der Waals surface area (Å²) >= 11 is 5.43. The smallest absolute Gasteiger partial charge is 0.0165 e. The van der Waals surface area contributed by atoms with Gasteiger partial charge in [-0.2, -0.15) is 0 Å². The Morgan fingerprint density at radius 2 is 2.00 bits per heavy atom. The van der Waals surface area contributed by atoms with E-state index in [4.69, 9.17) is 12.2 Å². The number of rotatable bonds is 0. The molecule has 2 aliphatic rings. The Labute approximate surface area is 75.5 Å². The van der Waals surface area contributed by atoms with E-state index in [1.54, 1.807) is 0 Å². The van der Waals surface area contributed by atoms with E-state index in [9.17, 15) is 0 Å². The second kappa shape index (κ2) is 3.49. The van der Waals surface area contributed by atoms with Crippen LogP contribution in [0.1, 0.15) is 38.5 Å². The molecule has 0 aromatic rings. The van der Waals surface area contributed by atoms with Crippen molar-refractivity contribution in [2.24, 2.45) is 0 Å². The van der Waals surface area contributed by atoms with Gasteiger partial charge in [-0.15, -0.1) is 0 Å². The first-order chi connectivity index (χ1) is 5.38. The average Bonchev–Trinajstić information content (AvgIpc) is 2.06. The van der Waals surface area contributed by atoms with Crippen molar-refractivity contribution >= 4 is 24.7 Å². The van der Waals surface area contributed by atoms with Gasteiger partial charge >= 0.3 is 0 Å². The van der Waals surface area contributed by atoms with Crippen LogP contribution in [0.15, 0.2) is 0 Å². The second-order valence-electron chi connectivity index (χ2n) is 3.63. The highest BCUT2D eigenvalue weighted by atomic mass is 32.1. The SMILES string of the molecule is S=C1CCCC2CCCCP12. The number of thiocarbonyl (C=S) groups is 1. The van der Waals surface area contributed by atoms with E-state index in [-0.39, 0.29) is 7.92 Å². The molecule has 0 aromatic heterocycles. The Balaban J connectivity index is 2.05. The molecule has 0 spiro atoms. The lowest BCUT2D eigenvalue weighted by molar-refractivity contribution is 0.597. The Hall–Kier alpha value is 0.520. The molecular weight excluding hydrogens is 171 g/mol. The van der Waals surface area contributed by atoms with Gasteiger partial charge in [0.05, 0.1) is 0 Å². The maximum absolute atomic E-state index is 5.43. The molecule has 0 N–H and O–H groups in total. The van der Waals surface area contributed by atoms with Crippen LogP contribution in [0.2, 0.25) is 0 Å². The van der Waals surface area contributed by atoms with Crippen LogP contribution < -0.4 is 0 Å². The van der Waals surface area contributed by atoms with Gasteiger partial charge in [0.25, 0.3) is 0 Å². The maximum Gasteiger partial charge on any atom is 0.0165 e. The van der Waals surface area contributed by atoms with Crippen molar-refractivity contribution < 1.29 is 0 Å². The maximum atomic E-state index is 5.43. The normalized spacial score (nSPS) is 38.4. The molecule has 2 heterocycles. The average molecular weight is 186 g/mol. The van der Waals surface area contributed by atoms with Gasteiger partial charge in [-0.1, -0.05) is 26.6 Å². The molecule has 0 nitrogen and oxygen atoms in total.